The first-order valence-corrected chi connectivity index (χ1v) is 6.24. The Hall–Kier alpha value is -1.77. The lowest BCUT2D eigenvalue weighted by molar-refractivity contribution is -0.128. The Bertz CT molecular complexity index is 517. The molecular formula is C15H19NO2. The van der Waals surface area contributed by atoms with Crippen molar-refractivity contribution in [1.82, 2.24) is 4.90 Å². The van der Waals surface area contributed by atoms with Gasteiger partial charge in [-0.2, -0.15) is 0 Å². The summed E-state index contributed by atoms with van der Waals surface area (Å²) in [5.74, 6) is 0.474. The highest BCUT2D eigenvalue weighted by molar-refractivity contribution is 5.76. The summed E-state index contributed by atoms with van der Waals surface area (Å²) in [7, 11) is 0. The Balaban J connectivity index is 2.29. The molecule has 1 N–H and O–H groups in total. The average molecular weight is 245 g/mol. The van der Waals surface area contributed by atoms with Crippen LogP contribution >= 0.6 is 0 Å². The summed E-state index contributed by atoms with van der Waals surface area (Å²) in [6, 6.07) is 3.84. The second-order valence-corrected chi connectivity index (χ2v) is 4.90. The van der Waals surface area contributed by atoms with Gasteiger partial charge in [-0.05, 0) is 54.7 Å². The fourth-order valence-corrected chi connectivity index (χ4v) is 2.35. The average Bonchev–Trinajstić information content (AvgIpc) is 2.34. The monoisotopic (exact) mass is 245 g/mol. The lowest BCUT2D eigenvalue weighted by Gasteiger charge is -2.26. The molecule has 96 valence electrons. The minimum Gasteiger partial charge on any atom is -0.508 e. The zero-order valence-electron chi connectivity index (χ0n) is 11.2. The van der Waals surface area contributed by atoms with Crippen LogP contribution in [-0.2, 0) is 4.79 Å². The summed E-state index contributed by atoms with van der Waals surface area (Å²) >= 11 is 0. The number of phenolic OH excluding ortho intramolecular Hbond substituents is 1. The van der Waals surface area contributed by atoms with E-state index in [1.807, 2.05) is 30.9 Å². The van der Waals surface area contributed by atoms with Crippen LogP contribution in [0.5, 0.6) is 5.75 Å². The Morgan fingerprint density at radius 1 is 1.28 bits per heavy atom. The molecule has 0 bridgehead atoms. The van der Waals surface area contributed by atoms with Gasteiger partial charge in [-0.1, -0.05) is 6.08 Å². The Morgan fingerprint density at radius 3 is 2.56 bits per heavy atom. The lowest BCUT2D eigenvalue weighted by atomic mass is 9.93. The van der Waals surface area contributed by atoms with Crippen LogP contribution in [0.25, 0.3) is 5.57 Å². The second kappa shape index (κ2) is 4.84. The molecule has 0 saturated carbocycles. The number of aromatic hydroxyl groups is 1. The maximum atomic E-state index is 11.3. The van der Waals surface area contributed by atoms with Gasteiger partial charge in [0.2, 0.25) is 5.91 Å². The van der Waals surface area contributed by atoms with Crippen molar-refractivity contribution in [2.45, 2.75) is 27.2 Å². The molecule has 0 aromatic heterocycles. The molecule has 18 heavy (non-hydrogen) atoms. The van der Waals surface area contributed by atoms with Gasteiger partial charge in [0.25, 0.3) is 0 Å². The molecule has 1 heterocycles. The van der Waals surface area contributed by atoms with Crippen molar-refractivity contribution in [3.05, 3.63) is 34.9 Å². The van der Waals surface area contributed by atoms with Crippen LogP contribution in [0.4, 0.5) is 0 Å². The molecule has 1 aromatic carbocycles. The van der Waals surface area contributed by atoms with E-state index in [9.17, 15) is 9.90 Å². The van der Waals surface area contributed by atoms with Crippen molar-refractivity contribution in [1.29, 1.82) is 0 Å². The maximum Gasteiger partial charge on any atom is 0.219 e. The molecule has 1 aliphatic heterocycles. The molecule has 0 radical (unpaired) electrons. The molecular weight excluding hydrogens is 226 g/mol. The topological polar surface area (TPSA) is 40.5 Å². The van der Waals surface area contributed by atoms with E-state index in [1.54, 1.807) is 6.92 Å². The van der Waals surface area contributed by atoms with Crippen LogP contribution in [0.2, 0.25) is 0 Å². The first-order valence-electron chi connectivity index (χ1n) is 6.24. The normalized spacial score (nSPS) is 15.5. The van der Waals surface area contributed by atoms with Crippen molar-refractivity contribution in [2.24, 2.45) is 0 Å². The first kappa shape index (κ1) is 12.7. The Kier molecular flexibility index (Phi) is 3.41. The van der Waals surface area contributed by atoms with Crippen molar-refractivity contribution >= 4 is 11.5 Å². The van der Waals surface area contributed by atoms with Crippen LogP contribution in [0.15, 0.2) is 18.2 Å². The third kappa shape index (κ3) is 2.40. The standard InChI is InChI=1S/C15H19NO2/c1-10-9-15(18)11(2)8-14(10)13-4-6-16(7-5-13)12(3)17/h4,8-9,18H,5-7H2,1-3H3. The second-order valence-electron chi connectivity index (χ2n) is 4.90. The number of hydrogen-bond donors (Lipinski definition) is 1. The van der Waals surface area contributed by atoms with Crippen LogP contribution in [0.3, 0.4) is 0 Å². The molecule has 1 amide bonds. The fourth-order valence-electron chi connectivity index (χ4n) is 2.35. The molecule has 0 atom stereocenters. The van der Waals surface area contributed by atoms with Crippen molar-refractivity contribution < 1.29 is 9.90 Å². The number of amides is 1. The van der Waals surface area contributed by atoms with Gasteiger partial charge in [0.1, 0.15) is 5.75 Å². The molecule has 3 heteroatoms. The highest BCUT2D eigenvalue weighted by atomic mass is 16.3. The molecule has 0 fully saturated rings. The lowest BCUT2D eigenvalue weighted by Crippen LogP contribution is -2.32. The van der Waals surface area contributed by atoms with Crippen molar-refractivity contribution in [3.8, 4) is 5.75 Å². The van der Waals surface area contributed by atoms with Crippen LogP contribution in [-0.4, -0.2) is 29.0 Å². The van der Waals surface area contributed by atoms with Gasteiger partial charge in [-0.3, -0.25) is 4.79 Å². The molecule has 2 rings (SSSR count). The summed E-state index contributed by atoms with van der Waals surface area (Å²) in [5.41, 5.74) is 4.44. The Morgan fingerprint density at radius 2 is 2.00 bits per heavy atom. The number of benzene rings is 1. The molecule has 3 nitrogen and oxygen atoms in total. The third-order valence-corrected chi connectivity index (χ3v) is 3.54. The third-order valence-electron chi connectivity index (χ3n) is 3.54. The predicted octanol–water partition coefficient (Wildman–Crippen LogP) is 2.64. The number of aryl methyl sites for hydroxylation is 2. The van der Waals surface area contributed by atoms with E-state index in [-0.39, 0.29) is 5.91 Å². The van der Waals surface area contributed by atoms with Crippen molar-refractivity contribution in [2.75, 3.05) is 13.1 Å². The van der Waals surface area contributed by atoms with E-state index in [1.165, 1.54) is 11.1 Å². The predicted molar refractivity (Wildman–Crippen MR) is 72.4 cm³/mol. The van der Waals surface area contributed by atoms with E-state index in [0.29, 0.717) is 12.3 Å². The number of rotatable bonds is 1. The molecule has 0 spiro atoms. The number of carbonyl (C=O) groups excluding carboxylic acids is 1. The van der Waals surface area contributed by atoms with Gasteiger partial charge in [0.15, 0.2) is 0 Å². The zero-order valence-corrected chi connectivity index (χ0v) is 11.2. The Labute approximate surface area is 108 Å². The molecule has 1 aromatic rings. The molecule has 0 saturated heterocycles. The zero-order chi connectivity index (χ0) is 13.3. The minimum atomic E-state index is 0.129. The molecule has 0 aliphatic carbocycles. The molecule has 1 aliphatic rings. The smallest absolute Gasteiger partial charge is 0.219 e. The van der Waals surface area contributed by atoms with Crippen molar-refractivity contribution in [3.63, 3.8) is 0 Å². The van der Waals surface area contributed by atoms with E-state index in [2.05, 4.69) is 6.08 Å². The summed E-state index contributed by atoms with van der Waals surface area (Å²) in [6.45, 7) is 6.98. The summed E-state index contributed by atoms with van der Waals surface area (Å²) < 4.78 is 0. The van der Waals surface area contributed by atoms with Gasteiger partial charge in [-0.15, -0.1) is 0 Å². The van der Waals surface area contributed by atoms with Gasteiger partial charge in [0, 0.05) is 20.0 Å². The maximum absolute atomic E-state index is 11.3. The number of nitrogens with zero attached hydrogens (tertiary/aromatic N) is 1. The molecule has 0 unspecified atom stereocenters. The van der Waals surface area contributed by atoms with E-state index < -0.39 is 0 Å². The SMILES string of the molecule is CC(=O)N1CC=C(c2cc(C)c(O)cc2C)CC1. The van der Waals surface area contributed by atoms with Gasteiger partial charge in [0.05, 0.1) is 0 Å². The number of hydrogen-bond acceptors (Lipinski definition) is 2. The summed E-state index contributed by atoms with van der Waals surface area (Å²) in [6.07, 6.45) is 2.99. The highest BCUT2D eigenvalue weighted by Crippen LogP contribution is 2.29. The highest BCUT2D eigenvalue weighted by Gasteiger charge is 2.16. The van der Waals surface area contributed by atoms with E-state index in [4.69, 9.17) is 0 Å². The van der Waals surface area contributed by atoms with Gasteiger partial charge < -0.3 is 10.0 Å². The van der Waals surface area contributed by atoms with E-state index >= 15 is 0 Å². The van der Waals surface area contributed by atoms with Crippen LogP contribution < -0.4 is 0 Å². The van der Waals surface area contributed by atoms with E-state index in [0.717, 1.165) is 24.1 Å². The van der Waals surface area contributed by atoms with Gasteiger partial charge >= 0.3 is 0 Å². The largest absolute Gasteiger partial charge is 0.508 e. The van der Waals surface area contributed by atoms with Crippen LogP contribution in [0.1, 0.15) is 30.0 Å². The number of carbonyl (C=O) groups is 1. The quantitative estimate of drug-likeness (QED) is 0.826. The summed E-state index contributed by atoms with van der Waals surface area (Å²) in [5, 5.41) is 9.67. The fraction of sp³-hybridized carbons (Fsp3) is 0.400. The van der Waals surface area contributed by atoms with Crippen LogP contribution in [0, 0.1) is 13.8 Å². The number of phenols is 1. The van der Waals surface area contributed by atoms with Gasteiger partial charge in [-0.25, -0.2) is 0 Å². The minimum absolute atomic E-state index is 0.129. The summed E-state index contributed by atoms with van der Waals surface area (Å²) in [4.78, 5) is 13.1. The first-order chi connectivity index (χ1) is 8.49.